The fourth-order valence-electron chi connectivity index (χ4n) is 16.4. The average Bonchev–Trinajstić information content (AvgIpc) is 1.40. The van der Waals surface area contributed by atoms with Crippen molar-refractivity contribution in [3.05, 3.63) is 101 Å². The van der Waals surface area contributed by atoms with Crippen molar-refractivity contribution in [2.75, 3.05) is 39.5 Å². The number of hydrogen-bond donors (Lipinski definition) is 8. The van der Waals surface area contributed by atoms with Crippen molar-refractivity contribution in [3.8, 4) is 0 Å². The summed E-state index contributed by atoms with van der Waals surface area (Å²) in [5, 5.41) is 48.4. The van der Waals surface area contributed by atoms with Crippen LogP contribution in [-0.2, 0) is 83.1 Å². The molecule has 3 aliphatic carbocycles. The maximum absolute atomic E-state index is 14.6. The van der Waals surface area contributed by atoms with Crippen molar-refractivity contribution >= 4 is 74.8 Å². The lowest BCUT2D eigenvalue weighted by Crippen LogP contribution is -2.65. The first-order chi connectivity index (χ1) is 51.3. The fraction of sp³-hybridized carbons (Fsp3) is 0.662. The van der Waals surface area contributed by atoms with Crippen LogP contribution < -0.4 is 26.7 Å². The molecule has 3 aromatic carbocycles. The highest BCUT2D eigenvalue weighted by Gasteiger charge is 2.69. The van der Waals surface area contributed by atoms with Gasteiger partial charge in [0.15, 0.2) is 0 Å². The first-order valence-electron chi connectivity index (χ1n) is 38.9. The van der Waals surface area contributed by atoms with E-state index in [9.17, 15) is 48.4 Å². The maximum atomic E-state index is 14.6. The van der Waals surface area contributed by atoms with Gasteiger partial charge in [-0.25, -0.2) is 19.2 Å². The zero-order valence-electron chi connectivity index (χ0n) is 64.3. The van der Waals surface area contributed by atoms with Gasteiger partial charge in [-0.05, 0) is 132 Å². The summed E-state index contributed by atoms with van der Waals surface area (Å²) in [6.07, 6.45) is 8.77. The summed E-state index contributed by atoms with van der Waals surface area (Å²) in [5.41, 5.74) is 2.84. The number of carbonyl (C=O) groups is 8. The quantitative estimate of drug-likeness (QED) is 0.0895. The van der Waals surface area contributed by atoms with Gasteiger partial charge in [-0.3, -0.25) is 29.0 Å². The van der Waals surface area contributed by atoms with E-state index in [4.69, 9.17) is 47.8 Å². The first kappa shape index (κ1) is 83.0. The molecule has 8 fully saturated rings. The molecule has 3 aromatic rings. The molecule has 7 heterocycles. The first-order valence-corrected chi connectivity index (χ1v) is 38.9. The molecule has 108 heavy (non-hydrogen) atoms. The van der Waals surface area contributed by atoms with Gasteiger partial charge in [0.05, 0.1) is 49.9 Å². The summed E-state index contributed by atoms with van der Waals surface area (Å²) in [6.45, 7) is 19.3. The van der Waals surface area contributed by atoms with E-state index in [1.807, 2.05) is 54.6 Å². The minimum absolute atomic E-state index is 0.00163. The topological polar surface area (TPSA) is 352 Å². The van der Waals surface area contributed by atoms with Crippen molar-refractivity contribution < 1.29 is 96.2 Å². The molecule has 0 radical (unpaired) electrons. The lowest BCUT2D eigenvalue weighted by Gasteiger charge is -2.64. The zero-order chi connectivity index (χ0) is 77.7. The Labute approximate surface area is 635 Å². The third-order valence-corrected chi connectivity index (χ3v) is 22.2. The molecule has 13 rings (SSSR count). The highest BCUT2D eigenvalue weighted by Crippen LogP contribution is 2.66. The Kier molecular flexibility index (Phi) is 28.4. The number of nitrogens with zero attached hydrogens (tertiary/aromatic N) is 4. The van der Waals surface area contributed by atoms with E-state index in [0.29, 0.717) is 76.0 Å². The Bertz CT molecular complexity index is 3520. The van der Waals surface area contributed by atoms with Crippen molar-refractivity contribution in [1.29, 1.82) is 0 Å². The van der Waals surface area contributed by atoms with E-state index >= 15 is 0 Å². The summed E-state index contributed by atoms with van der Waals surface area (Å²) in [5.74, 6) is -2.49. The molecule has 31 heteroatoms. The van der Waals surface area contributed by atoms with Crippen LogP contribution in [0.2, 0.25) is 0 Å². The molecule has 8 amide bonds. The largest absolute Gasteiger partial charge is 0.488 e. The molecule has 4 unspecified atom stereocenters. The van der Waals surface area contributed by atoms with E-state index in [1.165, 1.54) is 9.80 Å². The van der Waals surface area contributed by atoms with Crippen LogP contribution in [0.4, 0.5) is 19.2 Å². The highest BCUT2D eigenvalue weighted by molar-refractivity contribution is 6.58. The highest BCUT2D eigenvalue weighted by atomic mass is 16.7. The van der Waals surface area contributed by atoms with E-state index in [2.05, 4.69) is 42.0 Å². The maximum Gasteiger partial charge on any atom is 0.488 e. The molecule has 10 aliphatic rings. The second-order valence-corrected chi connectivity index (χ2v) is 33.0. The second-order valence-electron chi connectivity index (χ2n) is 33.0. The molecular weight excluding hydrogens is 1390 g/mol. The number of amides is 8. The Balaban J connectivity index is 0.000000210. The summed E-state index contributed by atoms with van der Waals surface area (Å²) in [6, 6.07) is 19.9. The smallest absolute Gasteiger partial charge is 0.444 e. The molecule has 0 aromatic heterocycles. The summed E-state index contributed by atoms with van der Waals surface area (Å²) in [4.78, 5) is 115. The van der Waals surface area contributed by atoms with Gasteiger partial charge >= 0.3 is 45.7 Å². The molecule has 3 saturated carbocycles. The molecule has 0 spiro atoms. The molecule has 590 valence electrons. The number of rotatable bonds is 7. The van der Waals surface area contributed by atoms with Crippen molar-refractivity contribution in [2.45, 2.75) is 269 Å². The average molecular weight is 1500 g/mol. The van der Waals surface area contributed by atoms with Gasteiger partial charge in [0.2, 0.25) is 23.6 Å². The van der Waals surface area contributed by atoms with E-state index in [-0.39, 0.29) is 56.6 Å². The third kappa shape index (κ3) is 22.0. The van der Waals surface area contributed by atoms with Gasteiger partial charge in [0, 0.05) is 52.2 Å². The third-order valence-electron chi connectivity index (χ3n) is 22.2. The summed E-state index contributed by atoms with van der Waals surface area (Å²) >= 11 is 0. The number of alkyl carbamates (subject to hydrolysis) is 2. The second kappa shape index (κ2) is 37.0. The van der Waals surface area contributed by atoms with Gasteiger partial charge in [-0.15, -0.1) is 0 Å². The monoisotopic (exact) mass is 1500 g/mol. The van der Waals surface area contributed by atoms with E-state index < -0.39 is 129 Å². The Morgan fingerprint density at radius 3 is 1.41 bits per heavy atom. The number of carbonyl (C=O) groups excluding carboxylic acids is 8. The van der Waals surface area contributed by atoms with Gasteiger partial charge < -0.3 is 88.9 Å². The van der Waals surface area contributed by atoms with E-state index in [0.717, 1.165) is 99.3 Å². The van der Waals surface area contributed by atoms with Crippen LogP contribution in [0.5, 0.6) is 0 Å². The predicted molar refractivity (Wildman–Crippen MR) is 401 cm³/mol. The Hall–Kier alpha value is -7.51. The number of ether oxygens (including phenoxy) is 6. The van der Waals surface area contributed by atoms with Crippen LogP contribution in [0, 0.1) is 17.3 Å². The lowest BCUT2D eigenvalue weighted by atomic mass is 9.43. The summed E-state index contributed by atoms with van der Waals surface area (Å²) < 4.78 is 48.0. The number of fused-ring (bicyclic) bond motifs is 4. The standard InChI is InChI=1S/C41H61BN4O9.C30H45BN4O9.C6H7BO2/c1-39(2,3)53-37(49)43-30-25-51-18-14-10-8-7-9-11-17-34(42-54-33-20-28-19-32(40(28,4)5)41(33,6)55-42)44-35(47)31-21-29(24-46(31)36(30)48)52-38(50)45-22-26-15-12-13-16-27(26)23-45;1-30(2,3)44-28(38)32-23-19-42-14-10-6-4-5-7-13-25(31(40)41)33-26(36)24-15-22(18-35(24)27(23)37)43-29(39)34-16-20-11-8-9-12-21(20)17-34;8-7(9)6-4-2-1-3-5-6/h12-13,15-16,28-34H,7-11,14,17-25H2,1-6H3,(H,43,49)(H,44,47);8-9,11-12,22-25,40-41H,4-7,10,13-19H2,1-3H3,(H,32,38)(H,33,36);1-5,8-9H/t28?,29-,30-,31+,32?,33?,34-,41?;22-,23-,24+,25-;/m11./s1. The molecule has 8 N–H and O–H groups in total. The predicted octanol–water partition coefficient (Wildman–Crippen LogP) is 6.75. The van der Waals surface area contributed by atoms with Crippen LogP contribution in [0.15, 0.2) is 78.9 Å². The fourth-order valence-corrected chi connectivity index (χ4v) is 16.4. The number of hydrogen-bond acceptors (Lipinski definition) is 20. The van der Waals surface area contributed by atoms with Gasteiger partial charge in [0.25, 0.3) is 0 Å². The molecule has 28 nitrogen and oxygen atoms in total. The Morgan fingerprint density at radius 1 is 0.556 bits per heavy atom. The van der Waals surface area contributed by atoms with Crippen LogP contribution in [0.25, 0.3) is 0 Å². The van der Waals surface area contributed by atoms with Gasteiger partial charge in [-0.2, -0.15) is 0 Å². The lowest BCUT2D eigenvalue weighted by molar-refractivity contribution is -0.199. The van der Waals surface area contributed by atoms with Gasteiger partial charge in [-0.1, -0.05) is 150 Å². The Morgan fingerprint density at radius 2 is 0.981 bits per heavy atom. The number of benzene rings is 3. The van der Waals surface area contributed by atoms with Crippen LogP contribution >= 0.6 is 0 Å². The van der Waals surface area contributed by atoms with Crippen LogP contribution in [0.3, 0.4) is 0 Å². The zero-order valence-corrected chi connectivity index (χ0v) is 64.3. The van der Waals surface area contributed by atoms with Crippen molar-refractivity contribution in [2.24, 2.45) is 17.3 Å². The molecule has 2 bridgehead atoms. The van der Waals surface area contributed by atoms with Crippen LogP contribution in [0.1, 0.15) is 194 Å². The molecule has 12 atom stereocenters. The minimum Gasteiger partial charge on any atom is -0.444 e. The molecular formula is C77H113B3N8O20. The molecule has 5 saturated heterocycles. The van der Waals surface area contributed by atoms with Crippen molar-refractivity contribution in [1.82, 2.24) is 40.9 Å². The van der Waals surface area contributed by atoms with E-state index in [1.54, 1.807) is 75.6 Å². The summed E-state index contributed by atoms with van der Waals surface area (Å²) in [7, 11) is -3.75. The SMILES string of the molecule is CC(C)(C)OC(=O)N[C@@H]1COCCCCCCCC[C@H](B2OC3CC4CC(C4(C)C)C3(C)O2)NC(=O)[C@@H]2C[C@@H](OC(=O)N3Cc4ccccc4C3)CN2C1=O.CC(C)(C)OC(=O)N[C@@H]1COCCCCCCC[C@H](B(O)O)NC(=O)[C@@H]2C[C@@H](OC(=O)N3Cc4ccccc4C3)CN2C1=O.OB(O)c1ccccc1. The van der Waals surface area contributed by atoms with Crippen LogP contribution in [-0.4, -0.2) is 220 Å². The van der Waals surface area contributed by atoms with Crippen molar-refractivity contribution in [3.63, 3.8) is 0 Å². The minimum atomic E-state index is -1.79. The van der Waals surface area contributed by atoms with Gasteiger partial charge in [0.1, 0.15) is 47.6 Å². The number of nitrogens with one attached hydrogen (secondary N) is 4. The normalized spacial score (nSPS) is 28.5. The molecule has 7 aliphatic heterocycles.